The Kier molecular flexibility index (Phi) is 5.23. The summed E-state index contributed by atoms with van der Waals surface area (Å²) in [7, 11) is 0. The van der Waals surface area contributed by atoms with Crippen molar-refractivity contribution in [1.29, 1.82) is 0 Å². The third kappa shape index (κ3) is 3.06. The first-order chi connectivity index (χ1) is 8.40. The Labute approximate surface area is 107 Å². The molecule has 0 aromatic rings. The van der Waals surface area contributed by atoms with Crippen LogP contribution in [0.15, 0.2) is 5.29 Å². The second kappa shape index (κ2) is 6.25. The zero-order chi connectivity index (χ0) is 13.9. The molecule has 1 fully saturated rings. The van der Waals surface area contributed by atoms with Crippen LogP contribution in [0.5, 0.6) is 0 Å². The minimum Gasteiger partial charge on any atom is -0.388 e. The van der Waals surface area contributed by atoms with Crippen LogP contribution in [-0.4, -0.2) is 62.9 Å². The molecule has 4 N–H and O–H groups in total. The number of aliphatic hydroxyl groups excluding tert-OH is 3. The molecule has 0 bridgehead atoms. The van der Waals surface area contributed by atoms with Gasteiger partial charge in [-0.15, -0.1) is 4.91 Å². The maximum atomic E-state index is 11.5. The first-order valence-electron chi connectivity index (χ1n) is 5.10. The van der Waals surface area contributed by atoms with E-state index in [-0.39, 0.29) is 6.61 Å². The number of rotatable bonds is 3. The van der Waals surface area contributed by atoms with E-state index in [9.17, 15) is 25.0 Å². The number of nitrogens with zero attached hydrogens (tertiary/aromatic N) is 2. The summed E-state index contributed by atoms with van der Waals surface area (Å²) in [6, 6.07) is -0.986. The Bertz CT molecular complexity index is 317. The fourth-order valence-electron chi connectivity index (χ4n) is 1.61. The van der Waals surface area contributed by atoms with Gasteiger partial charge in [-0.1, -0.05) is 11.6 Å². The summed E-state index contributed by atoms with van der Waals surface area (Å²) in [6.07, 6.45) is -5.61. The average molecular weight is 284 g/mol. The number of ether oxygens (including phenoxy) is 1. The van der Waals surface area contributed by atoms with Crippen LogP contribution in [0.3, 0.4) is 0 Å². The largest absolute Gasteiger partial charge is 0.388 e. The maximum Gasteiger partial charge on any atom is 0.343 e. The number of nitroso groups, excluding NO2 is 1. The van der Waals surface area contributed by atoms with Gasteiger partial charge in [0.15, 0.2) is 6.23 Å². The minimum absolute atomic E-state index is 0.287. The number of aliphatic hydroxyl groups is 3. The highest BCUT2D eigenvalue weighted by Gasteiger charge is 2.43. The SMILES string of the molecule is CC(Cl)N(C(=O)NN=O)C1OC[C@@H](O)[C@@H](O)[C@H]1O. The van der Waals surface area contributed by atoms with Gasteiger partial charge in [-0.05, 0) is 6.92 Å². The van der Waals surface area contributed by atoms with E-state index in [4.69, 9.17) is 16.3 Å². The summed E-state index contributed by atoms with van der Waals surface area (Å²) in [4.78, 5) is 22.3. The zero-order valence-electron chi connectivity index (χ0n) is 9.43. The third-order valence-electron chi connectivity index (χ3n) is 2.51. The van der Waals surface area contributed by atoms with Gasteiger partial charge in [0.05, 0.1) is 11.9 Å². The molecule has 0 aromatic heterocycles. The van der Waals surface area contributed by atoms with E-state index in [1.165, 1.54) is 6.92 Å². The summed E-state index contributed by atoms with van der Waals surface area (Å²) in [5.41, 5.74) is 0.671. The van der Waals surface area contributed by atoms with E-state index in [0.717, 1.165) is 4.90 Å². The summed E-state index contributed by atoms with van der Waals surface area (Å²) in [5.74, 6) is 0. The number of carbonyl (C=O) groups is 1. The highest BCUT2D eigenvalue weighted by Crippen LogP contribution is 2.22. The molecule has 0 aliphatic carbocycles. The first kappa shape index (κ1) is 15.1. The Morgan fingerprint density at radius 2 is 2.11 bits per heavy atom. The van der Waals surface area contributed by atoms with E-state index in [1.807, 2.05) is 0 Å². The second-order valence-electron chi connectivity index (χ2n) is 3.76. The van der Waals surface area contributed by atoms with Gasteiger partial charge in [-0.2, -0.15) is 5.43 Å². The van der Waals surface area contributed by atoms with Crippen molar-refractivity contribution in [1.82, 2.24) is 10.3 Å². The quantitative estimate of drug-likeness (QED) is 0.220. The molecule has 9 nitrogen and oxygen atoms in total. The molecular weight excluding hydrogens is 270 g/mol. The fraction of sp³-hybridized carbons (Fsp3) is 0.875. The molecule has 2 unspecified atom stereocenters. The predicted molar refractivity (Wildman–Crippen MR) is 59.2 cm³/mol. The predicted octanol–water partition coefficient (Wildman–Crippen LogP) is -1.30. The lowest BCUT2D eigenvalue weighted by atomic mass is 10.0. The first-order valence-corrected chi connectivity index (χ1v) is 5.54. The molecule has 5 atom stereocenters. The highest BCUT2D eigenvalue weighted by atomic mass is 35.5. The van der Waals surface area contributed by atoms with E-state index in [1.54, 1.807) is 5.43 Å². The summed E-state index contributed by atoms with van der Waals surface area (Å²) < 4.78 is 5.04. The van der Waals surface area contributed by atoms with Crippen molar-refractivity contribution in [2.75, 3.05) is 6.61 Å². The zero-order valence-corrected chi connectivity index (χ0v) is 10.2. The number of hydrogen-bond acceptors (Lipinski definition) is 7. The number of urea groups is 1. The van der Waals surface area contributed by atoms with Crippen molar-refractivity contribution < 1.29 is 24.9 Å². The molecule has 18 heavy (non-hydrogen) atoms. The molecule has 2 amide bonds. The van der Waals surface area contributed by atoms with Crippen LogP contribution in [0.1, 0.15) is 6.92 Å². The molecule has 0 radical (unpaired) electrons. The van der Waals surface area contributed by atoms with Crippen LogP contribution >= 0.6 is 11.6 Å². The maximum absolute atomic E-state index is 11.5. The molecule has 10 heteroatoms. The lowest BCUT2D eigenvalue weighted by Crippen LogP contribution is -2.62. The van der Waals surface area contributed by atoms with Gasteiger partial charge in [0.1, 0.15) is 23.8 Å². The number of halogens is 1. The van der Waals surface area contributed by atoms with Crippen molar-refractivity contribution in [2.45, 2.75) is 37.0 Å². The number of alkyl halides is 1. The molecule has 1 aliphatic heterocycles. The Morgan fingerprint density at radius 1 is 1.50 bits per heavy atom. The van der Waals surface area contributed by atoms with Crippen molar-refractivity contribution in [2.24, 2.45) is 5.29 Å². The minimum atomic E-state index is -1.56. The van der Waals surface area contributed by atoms with E-state index in [2.05, 4.69) is 5.29 Å². The molecule has 0 spiro atoms. The Balaban J connectivity index is 2.86. The molecule has 1 aliphatic rings. The lowest BCUT2D eigenvalue weighted by molar-refractivity contribution is -0.220. The molecular formula is C8H14ClN3O6. The molecule has 1 saturated heterocycles. The van der Waals surface area contributed by atoms with Gasteiger partial charge < -0.3 is 20.1 Å². The van der Waals surface area contributed by atoms with E-state index in [0.29, 0.717) is 0 Å². The lowest BCUT2D eigenvalue weighted by Gasteiger charge is -2.41. The standard InChI is InChI=1S/C8H14ClN3O6/c1-3(9)12(8(16)10-11-17)7-6(15)5(14)4(13)2-18-7/h3-7,13-15H,2H2,1H3,(H,10,16,17)/t3?,4-,5-,6-,7?/m1/s1. The number of amides is 2. The Hall–Kier alpha value is -1.00. The molecule has 0 aromatic carbocycles. The summed E-state index contributed by atoms with van der Waals surface area (Å²) in [5, 5.41) is 30.7. The topological polar surface area (TPSA) is 132 Å². The van der Waals surface area contributed by atoms with E-state index >= 15 is 0 Å². The van der Waals surface area contributed by atoms with Crippen molar-refractivity contribution >= 4 is 17.6 Å². The van der Waals surface area contributed by atoms with Gasteiger partial charge in [-0.25, -0.2) is 4.79 Å². The van der Waals surface area contributed by atoms with Crippen LogP contribution in [-0.2, 0) is 4.74 Å². The van der Waals surface area contributed by atoms with Gasteiger partial charge >= 0.3 is 6.03 Å². The number of carbonyl (C=O) groups excluding carboxylic acids is 1. The van der Waals surface area contributed by atoms with Gasteiger partial charge in [0.2, 0.25) is 0 Å². The smallest absolute Gasteiger partial charge is 0.343 e. The second-order valence-corrected chi connectivity index (χ2v) is 4.39. The van der Waals surface area contributed by atoms with Crippen LogP contribution in [0.4, 0.5) is 4.79 Å². The van der Waals surface area contributed by atoms with Crippen molar-refractivity contribution in [3.8, 4) is 0 Å². The van der Waals surface area contributed by atoms with Gasteiger partial charge in [0.25, 0.3) is 0 Å². The average Bonchev–Trinajstić information content (AvgIpc) is 2.29. The molecule has 104 valence electrons. The molecule has 0 saturated carbocycles. The number of hydrogen-bond donors (Lipinski definition) is 4. The summed E-state index contributed by atoms with van der Waals surface area (Å²) >= 11 is 5.74. The normalized spacial score (nSPS) is 33.6. The third-order valence-corrected chi connectivity index (χ3v) is 2.72. The molecule has 1 heterocycles. The monoisotopic (exact) mass is 283 g/mol. The van der Waals surface area contributed by atoms with E-state index < -0.39 is 36.1 Å². The van der Waals surface area contributed by atoms with Crippen LogP contribution in [0.2, 0.25) is 0 Å². The summed E-state index contributed by atoms with van der Waals surface area (Å²) in [6.45, 7) is 1.12. The number of nitrogens with one attached hydrogen (secondary N) is 1. The fourth-order valence-corrected chi connectivity index (χ4v) is 1.81. The van der Waals surface area contributed by atoms with Crippen molar-refractivity contribution in [3.63, 3.8) is 0 Å². The van der Waals surface area contributed by atoms with Crippen molar-refractivity contribution in [3.05, 3.63) is 4.91 Å². The van der Waals surface area contributed by atoms with Gasteiger partial charge in [-0.3, -0.25) is 4.90 Å². The van der Waals surface area contributed by atoms with Crippen LogP contribution in [0.25, 0.3) is 0 Å². The van der Waals surface area contributed by atoms with Crippen LogP contribution in [0, 0.1) is 4.91 Å². The Morgan fingerprint density at radius 3 is 2.61 bits per heavy atom. The molecule has 1 rings (SSSR count). The van der Waals surface area contributed by atoms with Crippen LogP contribution < -0.4 is 5.43 Å². The van der Waals surface area contributed by atoms with Gasteiger partial charge in [0, 0.05) is 0 Å². The highest BCUT2D eigenvalue weighted by molar-refractivity contribution is 6.21.